The molecular formula is C21H19ClN2O2S. The van der Waals surface area contributed by atoms with Crippen LogP contribution < -0.4 is 0 Å². The van der Waals surface area contributed by atoms with Crippen molar-refractivity contribution in [3.8, 4) is 10.4 Å². The molecule has 0 radical (unpaired) electrons. The van der Waals surface area contributed by atoms with Crippen LogP contribution in [0.25, 0.3) is 10.4 Å². The maximum Gasteiger partial charge on any atom is 0.122 e. The first-order chi connectivity index (χ1) is 12.9. The Hall–Kier alpha value is -2.21. The van der Waals surface area contributed by atoms with E-state index in [2.05, 4.69) is 10.1 Å². The fourth-order valence-electron chi connectivity index (χ4n) is 3.84. The van der Waals surface area contributed by atoms with Crippen LogP contribution in [-0.4, -0.2) is 21.0 Å². The lowest BCUT2D eigenvalue weighted by Gasteiger charge is -2.46. The summed E-state index contributed by atoms with van der Waals surface area (Å²) in [6, 6.07) is 13.2. The van der Waals surface area contributed by atoms with Crippen molar-refractivity contribution in [2.75, 3.05) is 0 Å². The van der Waals surface area contributed by atoms with Gasteiger partial charge in [0.05, 0.1) is 10.6 Å². The molecule has 1 aromatic carbocycles. The molecule has 0 bridgehead atoms. The van der Waals surface area contributed by atoms with Gasteiger partial charge < -0.3 is 10.3 Å². The molecule has 0 fully saturated rings. The number of hydrogen-bond acceptors (Lipinski definition) is 5. The van der Waals surface area contributed by atoms with E-state index in [0.29, 0.717) is 17.2 Å². The van der Waals surface area contributed by atoms with Gasteiger partial charge in [0, 0.05) is 39.7 Å². The van der Waals surface area contributed by atoms with Crippen molar-refractivity contribution < 1.29 is 10.3 Å². The number of fused-ring (bicyclic) bond motifs is 1. The second kappa shape index (κ2) is 6.44. The Kier molecular flexibility index (Phi) is 4.34. The van der Waals surface area contributed by atoms with Crippen molar-refractivity contribution >= 4 is 28.6 Å². The fourth-order valence-corrected chi connectivity index (χ4v) is 5.17. The molecule has 2 heterocycles. The summed E-state index contributed by atoms with van der Waals surface area (Å²) >= 11 is 7.58. The lowest BCUT2D eigenvalue weighted by Crippen LogP contribution is -2.48. The van der Waals surface area contributed by atoms with Crippen LogP contribution in [-0.2, 0) is 5.60 Å². The summed E-state index contributed by atoms with van der Waals surface area (Å²) in [4.78, 5) is 5.87. The summed E-state index contributed by atoms with van der Waals surface area (Å²) in [7, 11) is 0. The third-order valence-corrected chi connectivity index (χ3v) is 6.81. The molecule has 1 aliphatic carbocycles. The van der Waals surface area contributed by atoms with Crippen LogP contribution in [0.1, 0.15) is 36.3 Å². The molecule has 0 saturated carbocycles. The second-order valence-electron chi connectivity index (χ2n) is 7.41. The highest BCUT2D eigenvalue weighted by atomic mass is 35.5. The van der Waals surface area contributed by atoms with Crippen LogP contribution >= 0.6 is 22.9 Å². The van der Waals surface area contributed by atoms with Gasteiger partial charge in [-0.15, -0.1) is 11.3 Å². The monoisotopic (exact) mass is 398 g/mol. The average Bonchev–Trinajstić information content (AvgIpc) is 3.12. The summed E-state index contributed by atoms with van der Waals surface area (Å²) in [5, 5.41) is 25.8. The molecule has 4 rings (SSSR count). The number of aromatic nitrogens is 1. The first kappa shape index (κ1) is 18.2. The standard InChI is InChI=1S/C21H19ClN2O2S/c1-20(2)12-17(24-26)19-16(11-18(27-19)13-7-9-23-10-8-13)21(20,25)14-3-5-15(22)6-4-14/h3-11,25-26H,12H2,1-2H3/b24-17-. The number of halogens is 1. The topological polar surface area (TPSA) is 65.7 Å². The first-order valence-corrected chi connectivity index (χ1v) is 9.81. The van der Waals surface area contributed by atoms with Gasteiger partial charge in [-0.05, 0) is 41.5 Å². The van der Waals surface area contributed by atoms with Crippen molar-refractivity contribution in [3.05, 3.63) is 75.9 Å². The minimum absolute atomic E-state index is 0.450. The number of aliphatic hydroxyl groups is 1. The molecule has 0 saturated heterocycles. The third-order valence-electron chi connectivity index (χ3n) is 5.32. The lowest BCUT2D eigenvalue weighted by atomic mass is 9.61. The van der Waals surface area contributed by atoms with Crippen molar-refractivity contribution in [2.45, 2.75) is 25.9 Å². The van der Waals surface area contributed by atoms with Gasteiger partial charge in [-0.2, -0.15) is 0 Å². The Morgan fingerprint density at radius 1 is 1.11 bits per heavy atom. The predicted molar refractivity (Wildman–Crippen MR) is 109 cm³/mol. The SMILES string of the molecule is CC1(C)C/C(=N/O)c2sc(-c3ccncc3)cc2C1(O)c1ccc(Cl)cc1. The number of benzene rings is 1. The van der Waals surface area contributed by atoms with Crippen molar-refractivity contribution in [2.24, 2.45) is 10.6 Å². The minimum Gasteiger partial charge on any atom is -0.411 e. The molecule has 6 heteroatoms. The van der Waals surface area contributed by atoms with Crippen LogP contribution in [0.2, 0.25) is 5.02 Å². The summed E-state index contributed by atoms with van der Waals surface area (Å²) in [5.41, 5.74) is 1.33. The largest absolute Gasteiger partial charge is 0.411 e. The van der Waals surface area contributed by atoms with E-state index in [1.165, 1.54) is 11.3 Å². The van der Waals surface area contributed by atoms with E-state index in [0.717, 1.165) is 26.4 Å². The number of thiophene rings is 1. The molecule has 0 amide bonds. The Balaban J connectivity index is 1.98. The smallest absolute Gasteiger partial charge is 0.122 e. The quantitative estimate of drug-likeness (QED) is 0.454. The van der Waals surface area contributed by atoms with Crippen molar-refractivity contribution in [1.82, 2.24) is 4.98 Å². The summed E-state index contributed by atoms with van der Waals surface area (Å²) in [6.07, 6.45) is 3.93. The summed E-state index contributed by atoms with van der Waals surface area (Å²) < 4.78 is 0. The lowest BCUT2D eigenvalue weighted by molar-refractivity contribution is -0.0360. The zero-order valence-corrected chi connectivity index (χ0v) is 16.6. The Labute approximate surface area is 166 Å². The number of hydrogen-bond donors (Lipinski definition) is 2. The third kappa shape index (κ3) is 2.78. The Morgan fingerprint density at radius 2 is 1.78 bits per heavy atom. The molecular weight excluding hydrogens is 380 g/mol. The van der Waals surface area contributed by atoms with Crippen LogP contribution in [0.4, 0.5) is 0 Å². The number of rotatable bonds is 2. The van der Waals surface area contributed by atoms with E-state index in [1.807, 2.05) is 44.2 Å². The number of nitrogens with zero attached hydrogens (tertiary/aromatic N) is 2. The molecule has 0 aliphatic heterocycles. The molecule has 1 aliphatic rings. The zero-order chi connectivity index (χ0) is 19.2. The molecule has 2 aromatic heterocycles. The molecule has 0 spiro atoms. The van der Waals surface area contributed by atoms with Gasteiger partial charge in [0.15, 0.2) is 0 Å². The van der Waals surface area contributed by atoms with E-state index in [4.69, 9.17) is 11.6 Å². The van der Waals surface area contributed by atoms with E-state index in [-0.39, 0.29) is 0 Å². The van der Waals surface area contributed by atoms with E-state index < -0.39 is 11.0 Å². The van der Waals surface area contributed by atoms with E-state index in [9.17, 15) is 10.3 Å². The molecule has 1 unspecified atom stereocenters. The fraction of sp³-hybridized carbons (Fsp3) is 0.238. The maximum absolute atomic E-state index is 12.0. The maximum atomic E-state index is 12.0. The van der Waals surface area contributed by atoms with Gasteiger partial charge in [-0.1, -0.05) is 42.7 Å². The molecule has 2 N–H and O–H groups in total. The van der Waals surface area contributed by atoms with Crippen molar-refractivity contribution in [3.63, 3.8) is 0 Å². The van der Waals surface area contributed by atoms with Gasteiger partial charge >= 0.3 is 0 Å². The van der Waals surface area contributed by atoms with Crippen LogP contribution in [0.3, 0.4) is 0 Å². The van der Waals surface area contributed by atoms with Gasteiger partial charge in [-0.3, -0.25) is 4.98 Å². The predicted octanol–water partition coefficient (Wildman–Crippen LogP) is 5.31. The van der Waals surface area contributed by atoms with Crippen LogP contribution in [0, 0.1) is 5.41 Å². The molecule has 3 aromatic rings. The van der Waals surface area contributed by atoms with Gasteiger partial charge in [0.1, 0.15) is 5.60 Å². The first-order valence-electron chi connectivity index (χ1n) is 8.61. The van der Waals surface area contributed by atoms with Gasteiger partial charge in [0.2, 0.25) is 0 Å². The minimum atomic E-state index is -1.23. The Bertz CT molecular complexity index is 1010. The highest BCUT2D eigenvalue weighted by Gasteiger charge is 2.52. The average molecular weight is 399 g/mol. The zero-order valence-electron chi connectivity index (χ0n) is 15.0. The van der Waals surface area contributed by atoms with Gasteiger partial charge in [0.25, 0.3) is 0 Å². The van der Waals surface area contributed by atoms with Crippen LogP contribution in [0.15, 0.2) is 60.0 Å². The molecule has 1 atom stereocenters. The molecule has 4 nitrogen and oxygen atoms in total. The summed E-state index contributed by atoms with van der Waals surface area (Å²) in [5.74, 6) is 0. The van der Waals surface area contributed by atoms with E-state index in [1.54, 1.807) is 24.5 Å². The van der Waals surface area contributed by atoms with E-state index >= 15 is 0 Å². The normalized spacial score (nSPS) is 22.6. The van der Waals surface area contributed by atoms with Crippen molar-refractivity contribution in [1.29, 1.82) is 0 Å². The van der Waals surface area contributed by atoms with Gasteiger partial charge in [-0.25, -0.2) is 0 Å². The highest BCUT2D eigenvalue weighted by molar-refractivity contribution is 7.17. The number of pyridine rings is 1. The molecule has 138 valence electrons. The summed E-state index contributed by atoms with van der Waals surface area (Å²) in [6.45, 7) is 3.97. The number of oxime groups is 1. The molecule has 27 heavy (non-hydrogen) atoms. The highest BCUT2D eigenvalue weighted by Crippen LogP contribution is 2.55. The van der Waals surface area contributed by atoms with Crippen LogP contribution in [0.5, 0.6) is 0 Å². The Morgan fingerprint density at radius 3 is 2.41 bits per heavy atom. The second-order valence-corrected chi connectivity index (χ2v) is 8.90.